The fourth-order valence-electron chi connectivity index (χ4n) is 1.55. The van der Waals surface area contributed by atoms with E-state index in [4.69, 9.17) is 11.6 Å². The molecule has 0 aliphatic heterocycles. The third-order valence-corrected chi connectivity index (χ3v) is 2.76. The number of aromatic nitrogens is 1. The van der Waals surface area contributed by atoms with Crippen LogP contribution < -0.4 is 10.6 Å². The lowest BCUT2D eigenvalue weighted by Crippen LogP contribution is -2.14. The van der Waals surface area contributed by atoms with Gasteiger partial charge < -0.3 is 15.0 Å². The summed E-state index contributed by atoms with van der Waals surface area (Å²) in [4.78, 5) is 25.5. The molecular formula is C13H11ClFN3O3. The highest BCUT2D eigenvalue weighted by Gasteiger charge is 2.11. The summed E-state index contributed by atoms with van der Waals surface area (Å²) in [6, 6.07) is 5.27. The molecule has 0 spiro atoms. The minimum atomic E-state index is -0.785. The molecule has 0 fully saturated rings. The van der Waals surface area contributed by atoms with E-state index in [0.29, 0.717) is 5.02 Å². The van der Waals surface area contributed by atoms with Gasteiger partial charge in [0.2, 0.25) is 0 Å². The first-order chi connectivity index (χ1) is 9.99. The summed E-state index contributed by atoms with van der Waals surface area (Å²) in [6.07, 6.45) is 0.673. The molecule has 1 aromatic heterocycles. The molecule has 6 nitrogen and oxygen atoms in total. The first-order valence-corrected chi connectivity index (χ1v) is 6.17. The van der Waals surface area contributed by atoms with Crippen molar-refractivity contribution in [3.63, 3.8) is 0 Å². The number of methoxy groups -OCH3 is 1. The van der Waals surface area contributed by atoms with E-state index < -0.39 is 17.8 Å². The maximum absolute atomic E-state index is 13.8. The fraction of sp³-hybridized carbons (Fsp3) is 0.0769. The monoisotopic (exact) mass is 311 g/mol. The zero-order chi connectivity index (χ0) is 15.4. The van der Waals surface area contributed by atoms with Crippen molar-refractivity contribution in [1.82, 2.24) is 4.98 Å². The summed E-state index contributed by atoms with van der Waals surface area (Å²) in [6.45, 7) is 0. The van der Waals surface area contributed by atoms with Crippen molar-refractivity contribution >= 4 is 35.0 Å². The van der Waals surface area contributed by atoms with Crippen molar-refractivity contribution in [2.24, 2.45) is 0 Å². The molecule has 0 aliphatic rings. The molecule has 0 bridgehead atoms. The van der Waals surface area contributed by atoms with Crippen molar-refractivity contribution < 1.29 is 18.7 Å². The highest BCUT2D eigenvalue weighted by atomic mass is 35.5. The van der Waals surface area contributed by atoms with E-state index in [1.54, 1.807) is 0 Å². The third-order valence-electron chi connectivity index (χ3n) is 2.54. The number of benzene rings is 1. The quantitative estimate of drug-likeness (QED) is 0.813. The zero-order valence-electron chi connectivity index (χ0n) is 10.9. The number of H-pyrrole nitrogens is 1. The molecule has 0 radical (unpaired) electrons. The van der Waals surface area contributed by atoms with Crippen molar-refractivity contribution in [3.8, 4) is 0 Å². The standard InChI is InChI=1S/C13H11ClFN3O3/c1-21-13(20)18-10-3-2-8(5-9(10)15)17-12(19)11-4-7(14)6-16-11/h2-6,16H,1H3,(H,17,19)(H,18,20). The maximum Gasteiger partial charge on any atom is 0.411 e. The van der Waals surface area contributed by atoms with Gasteiger partial charge in [0.1, 0.15) is 11.5 Å². The van der Waals surface area contributed by atoms with Crippen LogP contribution in [0.1, 0.15) is 10.5 Å². The Labute approximate surface area is 124 Å². The predicted octanol–water partition coefficient (Wildman–Crippen LogP) is 3.24. The highest BCUT2D eigenvalue weighted by Crippen LogP contribution is 2.20. The number of carbonyl (C=O) groups excluding carboxylic acids is 2. The molecule has 3 N–H and O–H groups in total. The summed E-state index contributed by atoms with van der Waals surface area (Å²) < 4.78 is 18.1. The van der Waals surface area contributed by atoms with Crippen LogP contribution in [0.3, 0.4) is 0 Å². The van der Waals surface area contributed by atoms with E-state index in [2.05, 4.69) is 20.4 Å². The number of aromatic amines is 1. The second-order valence-electron chi connectivity index (χ2n) is 4.00. The fourth-order valence-corrected chi connectivity index (χ4v) is 1.72. The number of nitrogens with one attached hydrogen (secondary N) is 3. The Morgan fingerprint density at radius 1 is 1.29 bits per heavy atom. The van der Waals surface area contributed by atoms with E-state index in [9.17, 15) is 14.0 Å². The molecule has 0 saturated heterocycles. The minimum Gasteiger partial charge on any atom is -0.453 e. The predicted molar refractivity (Wildman–Crippen MR) is 76.2 cm³/mol. The summed E-state index contributed by atoms with van der Waals surface area (Å²) in [5.74, 6) is -1.17. The van der Waals surface area contributed by atoms with Crippen molar-refractivity contribution in [3.05, 3.63) is 47.0 Å². The van der Waals surface area contributed by atoms with E-state index >= 15 is 0 Å². The molecule has 1 heterocycles. The number of carbonyl (C=O) groups is 2. The third kappa shape index (κ3) is 3.73. The Balaban J connectivity index is 2.09. The number of ether oxygens (including phenoxy) is 1. The number of hydrogen-bond donors (Lipinski definition) is 3. The molecular weight excluding hydrogens is 301 g/mol. The Morgan fingerprint density at radius 3 is 2.62 bits per heavy atom. The van der Waals surface area contributed by atoms with E-state index in [1.807, 2.05) is 0 Å². The average Bonchev–Trinajstić information content (AvgIpc) is 2.88. The number of rotatable bonds is 3. The van der Waals surface area contributed by atoms with Gasteiger partial charge in [-0.1, -0.05) is 11.6 Å². The largest absolute Gasteiger partial charge is 0.453 e. The molecule has 8 heteroatoms. The van der Waals surface area contributed by atoms with Crippen LogP contribution in [0.4, 0.5) is 20.6 Å². The van der Waals surface area contributed by atoms with Crippen molar-refractivity contribution in [2.45, 2.75) is 0 Å². The summed E-state index contributed by atoms with van der Waals surface area (Å²) in [5.41, 5.74) is 0.429. The second kappa shape index (κ2) is 6.27. The average molecular weight is 312 g/mol. The molecule has 110 valence electrons. The lowest BCUT2D eigenvalue weighted by molar-refractivity contribution is 0.102. The molecule has 21 heavy (non-hydrogen) atoms. The lowest BCUT2D eigenvalue weighted by Gasteiger charge is -2.08. The molecule has 2 rings (SSSR count). The SMILES string of the molecule is COC(=O)Nc1ccc(NC(=O)c2cc(Cl)c[nH]2)cc1F. The van der Waals surface area contributed by atoms with Crippen molar-refractivity contribution in [1.29, 1.82) is 0 Å². The first kappa shape index (κ1) is 14.9. The van der Waals surface area contributed by atoms with Crippen LogP contribution in [0.25, 0.3) is 0 Å². The van der Waals surface area contributed by atoms with Gasteiger partial charge in [-0.05, 0) is 24.3 Å². The van der Waals surface area contributed by atoms with Gasteiger partial charge in [0.15, 0.2) is 0 Å². The van der Waals surface area contributed by atoms with Gasteiger partial charge in [0.05, 0.1) is 17.8 Å². The lowest BCUT2D eigenvalue weighted by atomic mass is 10.2. The van der Waals surface area contributed by atoms with Crippen LogP contribution in [0.5, 0.6) is 0 Å². The van der Waals surface area contributed by atoms with Gasteiger partial charge in [0, 0.05) is 11.9 Å². The molecule has 1 aromatic carbocycles. The van der Waals surface area contributed by atoms with Crippen LogP contribution in [0.2, 0.25) is 5.02 Å². The number of anilines is 2. The second-order valence-corrected chi connectivity index (χ2v) is 4.43. The van der Waals surface area contributed by atoms with Crippen LogP contribution in [-0.4, -0.2) is 24.1 Å². The van der Waals surface area contributed by atoms with Gasteiger partial charge in [-0.2, -0.15) is 0 Å². The molecule has 2 amide bonds. The van der Waals surface area contributed by atoms with Gasteiger partial charge in [0.25, 0.3) is 5.91 Å². The van der Waals surface area contributed by atoms with Crippen molar-refractivity contribution in [2.75, 3.05) is 17.7 Å². The Morgan fingerprint density at radius 2 is 2.05 bits per heavy atom. The zero-order valence-corrected chi connectivity index (χ0v) is 11.6. The van der Waals surface area contributed by atoms with E-state index in [-0.39, 0.29) is 17.1 Å². The van der Waals surface area contributed by atoms with Crippen LogP contribution in [0.15, 0.2) is 30.5 Å². The summed E-state index contributed by atoms with van der Waals surface area (Å²) in [5, 5.41) is 5.09. The normalized spacial score (nSPS) is 10.0. The van der Waals surface area contributed by atoms with E-state index in [1.165, 1.54) is 31.5 Å². The maximum atomic E-state index is 13.8. The molecule has 2 aromatic rings. The Bertz CT molecular complexity index is 687. The Kier molecular flexibility index (Phi) is 4.44. The summed E-state index contributed by atoms with van der Waals surface area (Å²) in [7, 11) is 1.17. The smallest absolute Gasteiger partial charge is 0.411 e. The molecule has 0 atom stereocenters. The molecule has 0 aliphatic carbocycles. The number of hydrogen-bond acceptors (Lipinski definition) is 3. The number of amides is 2. The van der Waals surface area contributed by atoms with Crippen LogP contribution >= 0.6 is 11.6 Å². The first-order valence-electron chi connectivity index (χ1n) is 5.79. The molecule has 0 saturated carbocycles. The number of halogens is 2. The van der Waals surface area contributed by atoms with E-state index in [0.717, 1.165) is 6.07 Å². The van der Waals surface area contributed by atoms with Gasteiger partial charge in [-0.15, -0.1) is 0 Å². The van der Waals surface area contributed by atoms with Gasteiger partial charge in [-0.25, -0.2) is 9.18 Å². The highest BCUT2D eigenvalue weighted by molar-refractivity contribution is 6.31. The molecule has 0 unspecified atom stereocenters. The Hall–Kier alpha value is -2.54. The minimum absolute atomic E-state index is 0.0530. The van der Waals surface area contributed by atoms with Gasteiger partial charge in [-0.3, -0.25) is 10.1 Å². The topological polar surface area (TPSA) is 83.2 Å². The van der Waals surface area contributed by atoms with Crippen LogP contribution in [0, 0.1) is 5.82 Å². The van der Waals surface area contributed by atoms with Crippen LogP contribution in [-0.2, 0) is 4.74 Å². The summed E-state index contributed by atoms with van der Waals surface area (Å²) >= 11 is 5.69. The van der Waals surface area contributed by atoms with Gasteiger partial charge >= 0.3 is 6.09 Å².